The lowest BCUT2D eigenvalue weighted by atomic mass is 9.87. The Hall–Kier alpha value is -3.11. The van der Waals surface area contributed by atoms with E-state index in [1.54, 1.807) is 0 Å². The summed E-state index contributed by atoms with van der Waals surface area (Å²) in [5, 5.41) is 21.0. The minimum Gasteiger partial charge on any atom is -0.325 e. The van der Waals surface area contributed by atoms with Crippen LogP contribution >= 0.6 is 11.8 Å². The number of hydrogen-bond donors (Lipinski definition) is 1. The molecule has 0 spiro atoms. The maximum absolute atomic E-state index is 12.4. The Morgan fingerprint density at radius 1 is 1.10 bits per heavy atom. The van der Waals surface area contributed by atoms with Crippen LogP contribution in [0.1, 0.15) is 38.8 Å². The first-order valence-corrected chi connectivity index (χ1v) is 11.2. The van der Waals surface area contributed by atoms with Crippen LogP contribution < -0.4 is 5.32 Å². The van der Waals surface area contributed by atoms with E-state index in [1.807, 2.05) is 35.8 Å². The number of benzene rings is 2. The van der Waals surface area contributed by atoms with Gasteiger partial charge in [-0.05, 0) is 35.6 Å². The van der Waals surface area contributed by atoms with Crippen LogP contribution in [0.25, 0.3) is 11.4 Å². The Balaban J connectivity index is 1.65. The van der Waals surface area contributed by atoms with E-state index in [2.05, 4.69) is 66.6 Å². The number of thioether (sulfide) groups is 1. The summed E-state index contributed by atoms with van der Waals surface area (Å²) in [6, 6.07) is 17.8. The van der Waals surface area contributed by atoms with Gasteiger partial charge in [0, 0.05) is 17.8 Å². The van der Waals surface area contributed by atoms with Gasteiger partial charge in [-0.15, -0.1) is 10.2 Å². The molecule has 0 saturated heterocycles. The maximum Gasteiger partial charge on any atom is 0.234 e. The maximum atomic E-state index is 12.4. The van der Waals surface area contributed by atoms with Crippen LogP contribution in [0.5, 0.6) is 0 Å². The van der Waals surface area contributed by atoms with Crippen LogP contribution in [0.4, 0.5) is 5.69 Å². The highest BCUT2D eigenvalue weighted by Gasteiger charge is 2.17. The number of carbonyl (C=O) groups is 1. The van der Waals surface area contributed by atoms with E-state index in [4.69, 9.17) is 5.26 Å². The molecular weight excluding hydrogens is 406 g/mol. The van der Waals surface area contributed by atoms with Gasteiger partial charge in [-0.3, -0.25) is 4.79 Å². The molecule has 0 atom stereocenters. The second kappa shape index (κ2) is 9.80. The molecule has 1 heterocycles. The van der Waals surface area contributed by atoms with E-state index < -0.39 is 0 Å². The molecule has 0 saturated carbocycles. The van der Waals surface area contributed by atoms with Gasteiger partial charge in [-0.25, -0.2) is 0 Å². The van der Waals surface area contributed by atoms with Gasteiger partial charge in [0.25, 0.3) is 0 Å². The summed E-state index contributed by atoms with van der Waals surface area (Å²) in [6.45, 7) is 9.34. The average Bonchev–Trinajstić information content (AvgIpc) is 3.16. The SMILES string of the molecule is CCn1c(SCC(=O)Nc2ccc(CC#N)cc2)nnc1-c1ccc(C(C)(C)C)cc1. The third-order valence-corrected chi connectivity index (χ3v) is 5.86. The summed E-state index contributed by atoms with van der Waals surface area (Å²) in [7, 11) is 0. The quantitative estimate of drug-likeness (QED) is 0.527. The van der Waals surface area contributed by atoms with Crippen molar-refractivity contribution in [1.29, 1.82) is 5.26 Å². The van der Waals surface area contributed by atoms with Crippen molar-refractivity contribution >= 4 is 23.4 Å². The van der Waals surface area contributed by atoms with E-state index in [1.165, 1.54) is 17.3 Å². The summed E-state index contributed by atoms with van der Waals surface area (Å²) >= 11 is 1.37. The molecule has 2 aromatic carbocycles. The number of anilines is 1. The molecule has 0 radical (unpaired) electrons. The van der Waals surface area contributed by atoms with E-state index >= 15 is 0 Å². The molecular formula is C24H27N5OS. The smallest absolute Gasteiger partial charge is 0.234 e. The number of nitrogens with zero attached hydrogens (tertiary/aromatic N) is 4. The minimum absolute atomic E-state index is 0.0986. The lowest BCUT2D eigenvalue weighted by Crippen LogP contribution is -2.14. The van der Waals surface area contributed by atoms with E-state index in [9.17, 15) is 4.79 Å². The van der Waals surface area contributed by atoms with Crippen molar-refractivity contribution in [2.75, 3.05) is 11.1 Å². The van der Waals surface area contributed by atoms with Crippen molar-refractivity contribution in [2.24, 2.45) is 0 Å². The van der Waals surface area contributed by atoms with Crippen LogP contribution in [0.2, 0.25) is 0 Å². The fourth-order valence-electron chi connectivity index (χ4n) is 3.14. The van der Waals surface area contributed by atoms with Crippen LogP contribution in [-0.4, -0.2) is 26.4 Å². The van der Waals surface area contributed by atoms with Crippen molar-refractivity contribution < 1.29 is 4.79 Å². The third-order valence-electron chi connectivity index (χ3n) is 4.90. The second-order valence-electron chi connectivity index (χ2n) is 8.25. The molecule has 1 N–H and O–H groups in total. The normalized spacial score (nSPS) is 11.2. The molecule has 1 aromatic heterocycles. The summed E-state index contributed by atoms with van der Waals surface area (Å²) in [6.07, 6.45) is 0.359. The number of rotatable bonds is 7. The lowest BCUT2D eigenvalue weighted by molar-refractivity contribution is -0.113. The van der Waals surface area contributed by atoms with Gasteiger partial charge in [-0.1, -0.05) is 68.9 Å². The Morgan fingerprint density at radius 2 is 1.77 bits per heavy atom. The Labute approximate surface area is 187 Å². The third kappa shape index (κ3) is 5.74. The summed E-state index contributed by atoms with van der Waals surface area (Å²) in [5.74, 6) is 0.930. The van der Waals surface area contributed by atoms with Crippen molar-refractivity contribution in [1.82, 2.24) is 14.8 Å². The van der Waals surface area contributed by atoms with Crippen molar-refractivity contribution in [3.05, 3.63) is 59.7 Å². The highest BCUT2D eigenvalue weighted by Crippen LogP contribution is 2.27. The second-order valence-corrected chi connectivity index (χ2v) is 9.19. The predicted octanol–water partition coefficient (Wildman–Crippen LogP) is 5.06. The Morgan fingerprint density at radius 3 is 2.35 bits per heavy atom. The summed E-state index contributed by atoms with van der Waals surface area (Å²) in [4.78, 5) is 12.4. The van der Waals surface area contributed by atoms with Gasteiger partial charge >= 0.3 is 0 Å². The zero-order valence-corrected chi connectivity index (χ0v) is 19.2. The van der Waals surface area contributed by atoms with Crippen LogP contribution in [-0.2, 0) is 23.2 Å². The molecule has 3 rings (SSSR count). The molecule has 0 bridgehead atoms. The number of nitriles is 1. The highest BCUT2D eigenvalue weighted by atomic mass is 32.2. The van der Waals surface area contributed by atoms with Crippen molar-refractivity contribution in [3.8, 4) is 17.5 Å². The zero-order valence-electron chi connectivity index (χ0n) is 18.3. The van der Waals surface area contributed by atoms with Crippen LogP contribution in [0.15, 0.2) is 53.7 Å². The molecule has 1 amide bonds. The van der Waals surface area contributed by atoms with Gasteiger partial charge in [0.1, 0.15) is 0 Å². The molecule has 0 aliphatic carbocycles. The van der Waals surface area contributed by atoms with Gasteiger partial charge in [0.2, 0.25) is 5.91 Å². The molecule has 0 aliphatic rings. The molecule has 6 nitrogen and oxygen atoms in total. The standard InChI is InChI=1S/C24H27N5OS/c1-5-29-22(18-8-10-19(11-9-18)24(2,3)4)27-28-23(29)31-16-21(30)26-20-12-6-17(7-13-20)14-15-25/h6-13H,5,14,16H2,1-4H3,(H,26,30). The van der Waals surface area contributed by atoms with E-state index in [0.717, 1.165) is 22.1 Å². The predicted molar refractivity (Wildman–Crippen MR) is 125 cm³/mol. The van der Waals surface area contributed by atoms with Crippen molar-refractivity contribution in [3.63, 3.8) is 0 Å². The van der Waals surface area contributed by atoms with Gasteiger partial charge in [-0.2, -0.15) is 5.26 Å². The van der Waals surface area contributed by atoms with Gasteiger partial charge in [0.05, 0.1) is 18.2 Å². The van der Waals surface area contributed by atoms with Gasteiger partial charge in [0.15, 0.2) is 11.0 Å². The first-order chi connectivity index (χ1) is 14.8. The summed E-state index contributed by atoms with van der Waals surface area (Å²) < 4.78 is 2.03. The lowest BCUT2D eigenvalue weighted by Gasteiger charge is -2.19. The largest absolute Gasteiger partial charge is 0.325 e. The topological polar surface area (TPSA) is 83.6 Å². The Bertz CT molecular complexity index is 1070. The van der Waals surface area contributed by atoms with E-state index in [0.29, 0.717) is 18.7 Å². The fraction of sp³-hybridized carbons (Fsp3) is 0.333. The molecule has 0 fully saturated rings. The van der Waals surface area contributed by atoms with Crippen LogP contribution in [0, 0.1) is 11.3 Å². The number of carbonyl (C=O) groups excluding carboxylic acids is 1. The number of hydrogen-bond acceptors (Lipinski definition) is 5. The molecule has 7 heteroatoms. The van der Waals surface area contributed by atoms with Gasteiger partial charge < -0.3 is 9.88 Å². The molecule has 0 unspecified atom stereocenters. The first-order valence-electron chi connectivity index (χ1n) is 10.2. The number of nitrogens with one attached hydrogen (secondary N) is 1. The Kier molecular flexibility index (Phi) is 7.13. The molecule has 3 aromatic rings. The number of aromatic nitrogens is 3. The fourth-order valence-corrected chi connectivity index (χ4v) is 3.94. The molecule has 31 heavy (non-hydrogen) atoms. The number of amides is 1. The highest BCUT2D eigenvalue weighted by molar-refractivity contribution is 7.99. The first kappa shape index (κ1) is 22.6. The summed E-state index contributed by atoms with van der Waals surface area (Å²) in [5.41, 5.74) is 4.01. The van der Waals surface area contributed by atoms with Crippen LogP contribution in [0.3, 0.4) is 0 Å². The van der Waals surface area contributed by atoms with Crippen molar-refractivity contribution in [2.45, 2.75) is 51.2 Å². The monoisotopic (exact) mass is 433 g/mol. The zero-order chi connectivity index (χ0) is 22.4. The molecule has 0 aliphatic heterocycles. The van der Waals surface area contributed by atoms with E-state index in [-0.39, 0.29) is 17.1 Å². The molecule has 160 valence electrons. The average molecular weight is 434 g/mol. The minimum atomic E-state index is -0.111.